The molecule has 2 nitrogen and oxygen atoms in total. The Morgan fingerprint density at radius 2 is 1.51 bits per heavy atom. The average Bonchev–Trinajstić information content (AvgIpc) is 3.06. The normalized spacial score (nSPS) is 16.2. The number of pyridine rings is 1. The van der Waals surface area contributed by atoms with Crippen molar-refractivity contribution >= 4 is 0 Å². The molecular formula is C43H51NO. The van der Waals surface area contributed by atoms with E-state index in [1.807, 2.05) is 12.4 Å². The van der Waals surface area contributed by atoms with Crippen LogP contribution in [0.3, 0.4) is 0 Å². The van der Waals surface area contributed by atoms with E-state index < -0.39 is 0 Å². The lowest BCUT2D eigenvalue weighted by atomic mass is 9.80. The number of ether oxygens (including phenoxy) is 1. The molecule has 0 saturated heterocycles. The molecule has 0 bridgehead atoms. The summed E-state index contributed by atoms with van der Waals surface area (Å²) in [7, 11) is 0. The molecule has 4 atom stereocenters. The molecule has 234 valence electrons. The summed E-state index contributed by atoms with van der Waals surface area (Å²) >= 11 is 0. The average molecular weight is 598 g/mol. The summed E-state index contributed by atoms with van der Waals surface area (Å²) in [6.07, 6.45) is 17.9. The van der Waals surface area contributed by atoms with Crippen molar-refractivity contribution in [2.75, 3.05) is 0 Å². The number of rotatable bonds is 16. The predicted octanol–water partition coefficient (Wildman–Crippen LogP) is 12.1. The van der Waals surface area contributed by atoms with Crippen molar-refractivity contribution in [3.05, 3.63) is 155 Å². The molecule has 0 radical (unpaired) electrons. The van der Waals surface area contributed by atoms with E-state index in [1.54, 1.807) is 5.57 Å². The number of nitrogens with zero attached hydrogens (tertiary/aromatic N) is 1. The first-order valence-corrected chi connectivity index (χ1v) is 17.1. The molecule has 2 heteroatoms. The van der Waals surface area contributed by atoms with E-state index in [-0.39, 0.29) is 6.10 Å². The third-order valence-electron chi connectivity index (χ3n) is 9.60. The van der Waals surface area contributed by atoms with Crippen molar-refractivity contribution in [2.45, 2.75) is 103 Å². The molecule has 5 rings (SSSR count). The van der Waals surface area contributed by atoms with Gasteiger partial charge in [0.2, 0.25) is 0 Å². The van der Waals surface area contributed by atoms with Crippen LogP contribution in [-0.4, -0.2) is 4.98 Å². The Labute approximate surface area is 272 Å². The minimum absolute atomic E-state index is 0.191. The van der Waals surface area contributed by atoms with Crippen molar-refractivity contribution < 1.29 is 4.74 Å². The van der Waals surface area contributed by atoms with Crippen molar-refractivity contribution in [2.24, 2.45) is 0 Å². The summed E-state index contributed by atoms with van der Waals surface area (Å²) in [5.41, 5.74) is 10.0. The second-order valence-electron chi connectivity index (χ2n) is 13.2. The zero-order valence-corrected chi connectivity index (χ0v) is 27.8. The van der Waals surface area contributed by atoms with E-state index in [0.717, 1.165) is 57.1 Å². The lowest BCUT2D eigenvalue weighted by Crippen LogP contribution is -2.22. The van der Waals surface area contributed by atoms with Gasteiger partial charge in [-0.2, -0.15) is 0 Å². The van der Waals surface area contributed by atoms with Crippen molar-refractivity contribution in [3.63, 3.8) is 0 Å². The van der Waals surface area contributed by atoms with E-state index in [0.29, 0.717) is 17.8 Å². The standard InChI is InChI=1S/C43H51NO/c1-5-35(38-25-27-44-28-26-38)30-40(37-17-7-6-8-18-37)29-34(15-11-13-32(2)3)16-12-14-33(4)36-21-23-41(24-22-36)45-43-31-39-19-9-10-20-42(39)43/h6-10,13,16-28,33,35,40,43H,5,11-12,14-15,29-31H2,1-4H3/b34-16+. The van der Waals surface area contributed by atoms with Crippen LogP contribution in [0.2, 0.25) is 0 Å². The molecule has 0 fully saturated rings. The minimum atomic E-state index is 0.191. The van der Waals surface area contributed by atoms with Gasteiger partial charge < -0.3 is 4.74 Å². The van der Waals surface area contributed by atoms with Crippen LogP contribution in [0.15, 0.2) is 127 Å². The van der Waals surface area contributed by atoms with Crippen LogP contribution in [0.1, 0.15) is 124 Å². The highest BCUT2D eigenvalue weighted by Crippen LogP contribution is 2.38. The third-order valence-corrected chi connectivity index (χ3v) is 9.60. The molecule has 0 amide bonds. The Morgan fingerprint density at radius 3 is 2.22 bits per heavy atom. The van der Waals surface area contributed by atoms with Gasteiger partial charge in [-0.1, -0.05) is 104 Å². The number of hydrogen-bond donors (Lipinski definition) is 0. The highest BCUT2D eigenvalue weighted by molar-refractivity contribution is 5.40. The number of benzene rings is 3. The Kier molecular flexibility index (Phi) is 11.8. The van der Waals surface area contributed by atoms with Crippen LogP contribution in [0, 0.1) is 0 Å². The smallest absolute Gasteiger partial charge is 0.128 e. The summed E-state index contributed by atoms with van der Waals surface area (Å²) in [6.45, 7) is 9.10. The zero-order chi connectivity index (χ0) is 31.4. The van der Waals surface area contributed by atoms with Gasteiger partial charge in [0.1, 0.15) is 11.9 Å². The molecule has 0 spiro atoms. The zero-order valence-electron chi connectivity index (χ0n) is 27.8. The maximum atomic E-state index is 6.30. The van der Waals surface area contributed by atoms with Gasteiger partial charge >= 0.3 is 0 Å². The fourth-order valence-corrected chi connectivity index (χ4v) is 6.79. The van der Waals surface area contributed by atoms with Crippen molar-refractivity contribution in [3.8, 4) is 5.75 Å². The van der Waals surface area contributed by atoms with Gasteiger partial charge in [-0.15, -0.1) is 0 Å². The van der Waals surface area contributed by atoms with Crippen molar-refractivity contribution in [1.29, 1.82) is 0 Å². The number of allylic oxidation sites excluding steroid dienone is 4. The van der Waals surface area contributed by atoms with Gasteiger partial charge in [-0.3, -0.25) is 4.98 Å². The Morgan fingerprint density at radius 1 is 0.800 bits per heavy atom. The molecule has 0 aliphatic heterocycles. The highest BCUT2D eigenvalue weighted by atomic mass is 16.5. The Bertz CT molecular complexity index is 1520. The fraction of sp³-hybridized carbons (Fsp3) is 0.372. The second kappa shape index (κ2) is 16.4. The van der Waals surface area contributed by atoms with Crippen LogP contribution in [0.5, 0.6) is 5.75 Å². The molecule has 45 heavy (non-hydrogen) atoms. The quantitative estimate of drug-likeness (QED) is 0.120. The molecule has 0 N–H and O–H groups in total. The maximum absolute atomic E-state index is 6.30. The summed E-state index contributed by atoms with van der Waals surface area (Å²) in [6, 6.07) is 33.0. The molecule has 4 unspecified atom stereocenters. The van der Waals surface area contributed by atoms with Gasteiger partial charge in [-0.25, -0.2) is 0 Å². The van der Waals surface area contributed by atoms with E-state index in [9.17, 15) is 0 Å². The van der Waals surface area contributed by atoms with Crippen LogP contribution >= 0.6 is 0 Å². The van der Waals surface area contributed by atoms with Gasteiger partial charge in [0, 0.05) is 18.8 Å². The Hall–Kier alpha value is -3.91. The number of aromatic nitrogens is 1. The maximum Gasteiger partial charge on any atom is 0.128 e. The fourth-order valence-electron chi connectivity index (χ4n) is 6.79. The summed E-state index contributed by atoms with van der Waals surface area (Å²) < 4.78 is 6.30. The Balaban J connectivity index is 1.24. The summed E-state index contributed by atoms with van der Waals surface area (Å²) in [4.78, 5) is 4.27. The molecule has 1 aliphatic rings. The number of fused-ring (bicyclic) bond motifs is 1. The van der Waals surface area contributed by atoms with Crippen LogP contribution in [0.25, 0.3) is 0 Å². The van der Waals surface area contributed by atoms with E-state index >= 15 is 0 Å². The van der Waals surface area contributed by atoms with E-state index in [4.69, 9.17) is 4.74 Å². The molecule has 1 heterocycles. The lowest BCUT2D eigenvalue weighted by molar-refractivity contribution is 0.181. The summed E-state index contributed by atoms with van der Waals surface area (Å²) in [5, 5.41) is 0. The van der Waals surface area contributed by atoms with Crippen molar-refractivity contribution in [1.82, 2.24) is 4.98 Å². The minimum Gasteiger partial charge on any atom is -0.485 e. The lowest BCUT2D eigenvalue weighted by Gasteiger charge is -2.30. The molecule has 3 aromatic carbocycles. The van der Waals surface area contributed by atoms with Gasteiger partial charge in [0.25, 0.3) is 0 Å². The van der Waals surface area contributed by atoms with Crippen LogP contribution in [-0.2, 0) is 6.42 Å². The highest BCUT2D eigenvalue weighted by Gasteiger charge is 2.27. The van der Waals surface area contributed by atoms with Gasteiger partial charge in [0.15, 0.2) is 0 Å². The monoisotopic (exact) mass is 597 g/mol. The van der Waals surface area contributed by atoms with E-state index in [1.165, 1.54) is 33.4 Å². The van der Waals surface area contributed by atoms with Crippen LogP contribution < -0.4 is 4.74 Å². The predicted molar refractivity (Wildman–Crippen MR) is 190 cm³/mol. The number of hydrogen-bond acceptors (Lipinski definition) is 2. The first kappa shape index (κ1) is 32.5. The second-order valence-corrected chi connectivity index (χ2v) is 13.2. The molecule has 0 saturated carbocycles. The topological polar surface area (TPSA) is 22.1 Å². The van der Waals surface area contributed by atoms with Crippen LogP contribution in [0.4, 0.5) is 0 Å². The largest absolute Gasteiger partial charge is 0.485 e. The first-order valence-electron chi connectivity index (χ1n) is 17.1. The first-order chi connectivity index (χ1) is 22.0. The van der Waals surface area contributed by atoms with Gasteiger partial charge in [-0.05, 0) is 129 Å². The van der Waals surface area contributed by atoms with Gasteiger partial charge in [0.05, 0.1) is 0 Å². The molecular weight excluding hydrogens is 546 g/mol. The third kappa shape index (κ3) is 9.30. The summed E-state index contributed by atoms with van der Waals surface area (Å²) in [5.74, 6) is 2.49. The SMILES string of the molecule is CCC(CC(C/C(=C/CCC(C)c1ccc(OC2Cc3ccccc32)cc1)CCC=C(C)C)c1ccccc1)c1ccncc1. The van der Waals surface area contributed by atoms with E-state index in [2.05, 4.69) is 136 Å². The molecule has 1 aliphatic carbocycles. The molecule has 1 aromatic heterocycles. The molecule has 4 aromatic rings.